The van der Waals surface area contributed by atoms with Gasteiger partial charge in [-0.05, 0) is 24.6 Å². The Morgan fingerprint density at radius 1 is 1.26 bits per heavy atom. The van der Waals surface area contributed by atoms with E-state index in [-0.39, 0.29) is 0 Å². The smallest absolute Gasteiger partial charge is 0.153 e. The second kappa shape index (κ2) is 6.24. The van der Waals surface area contributed by atoms with Crippen molar-refractivity contribution in [1.29, 1.82) is 0 Å². The number of nitrogens with one attached hydrogen (secondary N) is 1. The average molecular weight is 261 g/mol. The summed E-state index contributed by atoms with van der Waals surface area (Å²) >= 11 is 0. The SMILES string of the molecule is CCOCCc1[nH]nc(N)c1-c1ccc(OC)cc1. The Labute approximate surface area is 112 Å². The number of hydrogen-bond donors (Lipinski definition) is 2. The van der Waals surface area contributed by atoms with Crippen molar-refractivity contribution in [2.24, 2.45) is 0 Å². The van der Waals surface area contributed by atoms with Crippen molar-refractivity contribution in [3.05, 3.63) is 30.0 Å². The molecule has 5 heteroatoms. The molecule has 3 N–H and O–H groups in total. The highest BCUT2D eigenvalue weighted by Gasteiger charge is 2.12. The van der Waals surface area contributed by atoms with Gasteiger partial charge in [0.1, 0.15) is 5.75 Å². The van der Waals surface area contributed by atoms with E-state index < -0.39 is 0 Å². The number of methoxy groups -OCH3 is 1. The number of benzene rings is 1. The molecule has 0 spiro atoms. The lowest BCUT2D eigenvalue weighted by atomic mass is 10.0. The topological polar surface area (TPSA) is 73.2 Å². The summed E-state index contributed by atoms with van der Waals surface area (Å²) in [5.41, 5.74) is 8.90. The molecule has 0 unspecified atom stereocenters. The van der Waals surface area contributed by atoms with Crippen LogP contribution in [0.2, 0.25) is 0 Å². The first-order chi connectivity index (χ1) is 9.26. The molecule has 5 nitrogen and oxygen atoms in total. The minimum atomic E-state index is 0.511. The number of aromatic amines is 1. The van der Waals surface area contributed by atoms with E-state index in [9.17, 15) is 0 Å². The zero-order chi connectivity index (χ0) is 13.7. The Hall–Kier alpha value is -2.01. The maximum atomic E-state index is 5.93. The van der Waals surface area contributed by atoms with Crippen molar-refractivity contribution < 1.29 is 9.47 Å². The molecule has 102 valence electrons. The third-order valence-electron chi connectivity index (χ3n) is 2.95. The van der Waals surface area contributed by atoms with E-state index in [2.05, 4.69) is 10.2 Å². The number of rotatable bonds is 6. The summed E-state index contributed by atoms with van der Waals surface area (Å²) < 4.78 is 10.5. The standard InChI is InChI=1S/C14H19N3O2/c1-3-19-9-8-12-13(14(15)17-16-12)10-4-6-11(18-2)7-5-10/h4-7H,3,8-9H2,1-2H3,(H3,15,16,17). The predicted molar refractivity (Wildman–Crippen MR) is 75.2 cm³/mol. The molecule has 0 aliphatic carbocycles. The molecule has 2 aromatic rings. The van der Waals surface area contributed by atoms with Gasteiger partial charge in [0.05, 0.1) is 13.7 Å². The molecule has 0 aliphatic rings. The van der Waals surface area contributed by atoms with E-state index in [0.717, 1.165) is 29.0 Å². The van der Waals surface area contributed by atoms with Crippen molar-refractivity contribution in [1.82, 2.24) is 10.2 Å². The summed E-state index contributed by atoms with van der Waals surface area (Å²) in [5, 5.41) is 7.05. The van der Waals surface area contributed by atoms with Gasteiger partial charge in [0, 0.05) is 24.3 Å². The van der Waals surface area contributed by atoms with Gasteiger partial charge in [0.25, 0.3) is 0 Å². The average Bonchev–Trinajstić information content (AvgIpc) is 2.80. The Balaban J connectivity index is 2.24. The van der Waals surface area contributed by atoms with Crippen LogP contribution in [0.1, 0.15) is 12.6 Å². The van der Waals surface area contributed by atoms with Crippen LogP contribution in [0.3, 0.4) is 0 Å². The fraction of sp³-hybridized carbons (Fsp3) is 0.357. The first kappa shape index (κ1) is 13.4. The molecule has 1 aromatic heterocycles. The van der Waals surface area contributed by atoms with Gasteiger partial charge in [-0.15, -0.1) is 0 Å². The highest BCUT2D eigenvalue weighted by atomic mass is 16.5. The predicted octanol–water partition coefficient (Wildman–Crippen LogP) is 2.25. The number of nitrogen functional groups attached to an aromatic ring is 1. The summed E-state index contributed by atoms with van der Waals surface area (Å²) in [5.74, 6) is 1.33. The van der Waals surface area contributed by atoms with Crippen LogP contribution in [0.15, 0.2) is 24.3 Å². The van der Waals surface area contributed by atoms with Crippen molar-refractivity contribution in [2.75, 3.05) is 26.1 Å². The van der Waals surface area contributed by atoms with Crippen LogP contribution in [-0.2, 0) is 11.2 Å². The van der Waals surface area contributed by atoms with Gasteiger partial charge < -0.3 is 15.2 Å². The van der Waals surface area contributed by atoms with E-state index in [1.807, 2.05) is 31.2 Å². The maximum absolute atomic E-state index is 5.93. The summed E-state index contributed by atoms with van der Waals surface area (Å²) in [6.07, 6.45) is 0.763. The van der Waals surface area contributed by atoms with Crippen LogP contribution in [0.25, 0.3) is 11.1 Å². The van der Waals surface area contributed by atoms with Gasteiger partial charge in [-0.3, -0.25) is 5.10 Å². The van der Waals surface area contributed by atoms with Crippen LogP contribution in [-0.4, -0.2) is 30.5 Å². The minimum Gasteiger partial charge on any atom is -0.497 e. The number of H-pyrrole nitrogens is 1. The molecule has 0 amide bonds. The van der Waals surface area contributed by atoms with Crippen LogP contribution < -0.4 is 10.5 Å². The van der Waals surface area contributed by atoms with Crippen LogP contribution in [0, 0.1) is 0 Å². The fourth-order valence-corrected chi connectivity index (χ4v) is 1.97. The molecule has 0 fully saturated rings. The molecule has 1 aromatic carbocycles. The molecule has 0 saturated heterocycles. The Morgan fingerprint density at radius 2 is 2.00 bits per heavy atom. The van der Waals surface area contributed by atoms with Gasteiger partial charge >= 0.3 is 0 Å². The Bertz CT molecular complexity index is 520. The van der Waals surface area contributed by atoms with E-state index in [1.54, 1.807) is 7.11 Å². The van der Waals surface area contributed by atoms with Gasteiger partial charge in [-0.25, -0.2) is 0 Å². The number of aromatic nitrogens is 2. The molecule has 2 rings (SSSR count). The lowest BCUT2D eigenvalue weighted by Crippen LogP contribution is -2.00. The van der Waals surface area contributed by atoms with Crippen molar-refractivity contribution in [3.63, 3.8) is 0 Å². The molecule has 0 aliphatic heterocycles. The molecular weight excluding hydrogens is 242 g/mol. The van der Waals surface area contributed by atoms with Crippen molar-refractivity contribution >= 4 is 5.82 Å². The van der Waals surface area contributed by atoms with Crippen LogP contribution >= 0.6 is 0 Å². The molecule has 1 heterocycles. The number of anilines is 1. The van der Waals surface area contributed by atoms with E-state index >= 15 is 0 Å². The second-order valence-corrected chi connectivity index (χ2v) is 4.14. The second-order valence-electron chi connectivity index (χ2n) is 4.14. The summed E-state index contributed by atoms with van der Waals surface area (Å²) in [6.45, 7) is 3.34. The number of ether oxygens (including phenoxy) is 2. The third kappa shape index (κ3) is 3.06. The molecule has 0 bridgehead atoms. The van der Waals surface area contributed by atoms with E-state index in [4.69, 9.17) is 15.2 Å². The monoisotopic (exact) mass is 261 g/mol. The molecule has 0 atom stereocenters. The summed E-state index contributed by atoms with van der Waals surface area (Å²) in [6, 6.07) is 7.77. The van der Waals surface area contributed by atoms with Crippen molar-refractivity contribution in [3.8, 4) is 16.9 Å². The molecular formula is C14H19N3O2. The Kier molecular flexibility index (Phi) is 4.41. The van der Waals surface area contributed by atoms with Gasteiger partial charge in [0.2, 0.25) is 0 Å². The summed E-state index contributed by atoms with van der Waals surface area (Å²) in [4.78, 5) is 0. The number of hydrogen-bond acceptors (Lipinski definition) is 4. The molecule has 19 heavy (non-hydrogen) atoms. The van der Waals surface area contributed by atoms with Crippen LogP contribution in [0.5, 0.6) is 5.75 Å². The first-order valence-electron chi connectivity index (χ1n) is 6.31. The van der Waals surface area contributed by atoms with Gasteiger partial charge in [-0.1, -0.05) is 12.1 Å². The normalized spacial score (nSPS) is 10.6. The third-order valence-corrected chi connectivity index (χ3v) is 2.95. The number of nitrogens with two attached hydrogens (primary N) is 1. The molecule has 0 saturated carbocycles. The Morgan fingerprint density at radius 3 is 2.63 bits per heavy atom. The zero-order valence-corrected chi connectivity index (χ0v) is 11.3. The fourth-order valence-electron chi connectivity index (χ4n) is 1.97. The van der Waals surface area contributed by atoms with E-state index in [1.165, 1.54) is 0 Å². The quantitative estimate of drug-likeness (QED) is 0.782. The lowest BCUT2D eigenvalue weighted by Gasteiger charge is -2.06. The minimum absolute atomic E-state index is 0.511. The highest BCUT2D eigenvalue weighted by Crippen LogP contribution is 2.29. The maximum Gasteiger partial charge on any atom is 0.153 e. The largest absolute Gasteiger partial charge is 0.497 e. The highest BCUT2D eigenvalue weighted by molar-refractivity contribution is 5.76. The zero-order valence-electron chi connectivity index (χ0n) is 11.3. The van der Waals surface area contributed by atoms with Crippen molar-refractivity contribution in [2.45, 2.75) is 13.3 Å². The lowest BCUT2D eigenvalue weighted by molar-refractivity contribution is 0.150. The number of nitrogens with zero attached hydrogens (tertiary/aromatic N) is 1. The van der Waals surface area contributed by atoms with Gasteiger partial charge in [0.15, 0.2) is 5.82 Å². The first-order valence-corrected chi connectivity index (χ1v) is 6.31. The van der Waals surface area contributed by atoms with E-state index in [0.29, 0.717) is 19.0 Å². The van der Waals surface area contributed by atoms with Gasteiger partial charge in [-0.2, -0.15) is 5.10 Å². The summed E-state index contributed by atoms with van der Waals surface area (Å²) in [7, 11) is 1.65. The van der Waals surface area contributed by atoms with Crippen LogP contribution in [0.4, 0.5) is 5.82 Å². The molecule has 0 radical (unpaired) electrons.